The first kappa shape index (κ1) is 11.4. The number of nitro groups is 1. The van der Waals surface area contributed by atoms with Gasteiger partial charge in [-0.05, 0) is 19.9 Å². The molecule has 0 atom stereocenters. The van der Waals surface area contributed by atoms with E-state index in [0.29, 0.717) is 16.7 Å². The van der Waals surface area contributed by atoms with Crippen LogP contribution in [0.15, 0.2) is 18.2 Å². The van der Waals surface area contributed by atoms with Crippen LogP contribution in [0.2, 0.25) is 0 Å². The number of fused-ring (bicyclic) bond motifs is 1. The molecule has 6 heteroatoms. The summed E-state index contributed by atoms with van der Waals surface area (Å²) in [5.74, 6) is 0.650. The zero-order chi connectivity index (χ0) is 12.4. The van der Waals surface area contributed by atoms with E-state index in [1.807, 2.05) is 18.7 Å². The van der Waals surface area contributed by atoms with Gasteiger partial charge in [-0.1, -0.05) is 6.07 Å². The molecule has 0 aliphatic carbocycles. The molecule has 0 unspecified atom stereocenters. The highest BCUT2D eigenvalue weighted by atomic mass is 16.6. The van der Waals surface area contributed by atoms with Gasteiger partial charge in [0.1, 0.15) is 5.39 Å². The van der Waals surface area contributed by atoms with E-state index in [0.717, 1.165) is 13.1 Å². The van der Waals surface area contributed by atoms with Crippen LogP contribution in [0.3, 0.4) is 0 Å². The second-order valence-corrected chi connectivity index (χ2v) is 3.68. The van der Waals surface area contributed by atoms with E-state index < -0.39 is 0 Å². The number of hydrogen-bond acceptors (Lipinski definition) is 4. The molecule has 1 N–H and O–H groups in total. The van der Waals surface area contributed by atoms with Crippen LogP contribution in [-0.4, -0.2) is 28.2 Å². The predicted octanol–water partition coefficient (Wildman–Crippen LogP) is 2.32. The van der Waals surface area contributed by atoms with Gasteiger partial charge in [-0.25, -0.2) is 0 Å². The molecule has 0 bridgehead atoms. The normalized spacial score (nSPS) is 10.7. The Morgan fingerprint density at radius 1 is 1.41 bits per heavy atom. The number of aromatic nitrogens is 2. The van der Waals surface area contributed by atoms with Crippen molar-refractivity contribution in [2.24, 2.45) is 0 Å². The summed E-state index contributed by atoms with van der Waals surface area (Å²) in [7, 11) is 0. The van der Waals surface area contributed by atoms with Crippen molar-refractivity contribution in [3.8, 4) is 0 Å². The third-order valence-corrected chi connectivity index (χ3v) is 2.81. The van der Waals surface area contributed by atoms with E-state index in [1.54, 1.807) is 12.1 Å². The van der Waals surface area contributed by atoms with Gasteiger partial charge in [-0.3, -0.25) is 15.2 Å². The minimum absolute atomic E-state index is 0.0955. The summed E-state index contributed by atoms with van der Waals surface area (Å²) in [6.45, 7) is 5.53. The third-order valence-electron chi connectivity index (χ3n) is 2.81. The van der Waals surface area contributed by atoms with Gasteiger partial charge in [0.05, 0.1) is 10.4 Å². The fraction of sp³-hybridized carbons (Fsp3) is 0.364. The molecule has 2 aromatic rings. The van der Waals surface area contributed by atoms with Crippen LogP contribution in [0.5, 0.6) is 0 Å². The van der Waals surface area contributed by atoms with Gasteiger partial charge in [0.25, 0.3) is 5.69 Å². The van der Waals surface area contributed by atoms with Crippen molar-refractivity contribution < 1.29 is 4.92 Å². The highest BCUT2D eigenvalue weighted by Gasteiger charge is 2.20. The molecular formula is C11H14N4O2. The van der Waals surface area contributed by atoms with Gasteiger partial charge in [-0.2, -0.15) is 5.10 Å². The molecule has 1 heterocycles. The van der Waals surface area contributed by atoms with Crippen LogP contribution >= 0.6 is 0 Å². The van der Waals surface area contributed by atoms with E-state index in [-0.39, 0.29) is 10.6 Å². The molecule has 6 nitrogen and oxygen atoms in total. The smallest absolute Gasteiger partial charge is 0.282 e. The molecule has 0 spiro atoms. The number of nitrogens with zero attached hydrogens (tertiary/aromatic N) is 3. The van der Waals surface area contributed by atoms with Crippen molar-refractivity contribution in [3.05, 3.63) is 28.3 Å². The lowest BCUT2D eigenvalue weighted by Gasteiger charge is -2.17. The fourth-order valence-corrected chi connectivity index (χ4v) is 1.94. The molecule has 17 heavy (non-hydrogen) atoms. The summed E-state index contributed by atoms with van der Waals surface area (Å²) < 4.78 is 0. The molecule has 0 amide bonds. The van der Waals surface area contributed by atoms with Gasteiger partial charge in [0, 0.05) is 19.2 Å². The maximum Gasteiger partial charge on any atom is 0.282 e. The van der Waals surface area contributed by atoms with E-state index in [1.165, 1.54) is 6.07 Å². The number of nitrogens with one attached hydrogen (secondary N) is 1. The standard InChI is InChI=1S/C11H14N4O2/c1-3-14(4-2)11-10-8(12-13-11)6-5-7-9(10)15(16)17/h5-7H,3-4H2,1-2H3,(H,12,13). The number of nitro benzene ring substituents is 1. The molecule has 1 aromatic carbocycles. The molecular weight excluding hydrogens is 220 g/mol. The Morgan fingerprint density at radius 2 is 2.12 bits per heavy atom. The number of H-pyrrole nitrogens is 1. The van der Waals surface area contributed by atoms with Crippen molar-refractivity contribution in [2.75, 3.05) is 18.0 Å². The first-order valence-electron chi connectivity index (χ1n) is 5.55. The van der Waals surface area contributed by atoms with Gasteiger partial charge < -0.3 is 4.90 Å². The van der Waals surface area contributed by atoms with Gasteiger partial charge in [0.15, 0.2) is 5.82 Å². The first-order chi connectivity index (χ1) is 8.19. The number of anilines is 1. The van der Waals surface area contributed by atoms with Crippen LogP contribution in [-0.2, 0) is 0 Å². The molecule has 0 saturated heterocycles. The van der Waals surface area contributed by atoms with Crippen molar-refractivity contribution in [2.45, 2.75) is 13.8 Å². The molecule has 0 radical (unpaired) electrons. The number of rotatable bonds is 4. The fourth-order valence-electron chi connectivity index (χ4n) is 1.94. The maximum atomic E-state index is 11.0. The molecule has 0 aliphatic rings. The number of aromatic amines is 1. The molecule has 1 aromatic heterocycles. The Hall–Kier alpha value is -2.11. The second kappa shape index (κ2) is 4.40. The lowest BCUT2D eigenvalue weighted by molar-refractivity contribution is -0.383. The van der Waals surface area contributed by atoms with E-state index in [2.05, 4.69) is 10.2 Å². The number of benzene rings is 1. The molecule has 90 valence electrons. The zero-order valence-electron chi connectivity index (χ0n) is 9.80. The summed E-state index contributed by atoms with van der Waals surface area (Å²) in [5.41, 5.74) is 0.791. The van der Waals surface area contributed by atoms with Gasteiger partial charge in [0.2, 0.25) is 0 Å². The van der Waals surface area contributed by atoms with Crippen LogP contribution in [0.25, 0.3) is 10.9 Å². The number of hydrogen-bond donors (Lipinski definition) is 1. The first-order valence-corrected chi connectivity index (χ1v) is 5.55. The van der Waals surface area contributed by atoms with E-state index >= 15 is 0 Å². The summed E-state index contributed by atoms with van der Waals surface area (Å²) in [6.07, 6.45) is 0. The molecule has 0 saturated carbocycles. The Bertz CT molecular complexity index is 545. The quantitative estimate of drug-likeness (QED) is 0.650. The lowest BCUT2D eigenvalue weighted by Crippen LogP contribution is -2.22. The summed E-state index contributed by atoms with van der Waals surface area (Å²) in [6, 6.07) is 4.96. The van der Waals surface area contributed by atoms with Crippen molar-refractivity contribution in [1.82, 2.24) is 10.2 Å². The van der Waals surface area contributed by atoms with Crippen LogP contribution in [0.4, 0.5) is 11.5 Å². The van der Waals surface area contributed by atoms with Crippen molar-refractivity contribution in [3.63, 3.8) is 0 Å². The lowest BCUT2D eigenvalue weighted by atomic mass is 10.2. The number of non-ortho nitro benzene ring substituents is 1. The highest BCUT2D eigenvalue weighted by Crippen LogP contribution is 2.32. The maximum absolute atomic E-state index is 11.0. The minimum atomic E-state index is -0.370. The molecule has 2 rings (SSSR count). The van der Waals surface area contributed by atoms with Crippen LogP contribution < -0.4 is 4.90 Å². The Kier molecular flexibility index (Phi) is 2.95. The van der Waals surface area contributed by atoms with Crippen LogP contribution in [0.1, 0.15) is 13.8 Å². The van der Waals surface area contributed by atoms with Crippen LogP contribution in [0, 0.1) is 10.1 Å². The Morgan fingerprint density at radius 3 is 2.71 bits per heavy atom. The summed E-state index contributed by atoms with van der Waals surface area (Å²) in [4.78, 5) is 12.6. The minimum Gasteiger partial charge on any atom is -0.355 e. The summed E-state index contributed by atoms with van der Waals surface area (Å²) in [5, 5.41) is 18.6. The van der Waals surface area contributed by atoms with Crippen molar-refractivity contribution >= 4 is 22.4 Å². The Balaban J connectivity index is 2.68. The third kappa shape index (κ3) is 1.82. The molecule has 0 aliphatic heterocycles. The largest absolute Gasteiger partial charge is 0.355 e. The van der Waals surface area contributed by atoms with Gasteiger partial charge >= 0.3 is 0 Å². The average molecular weight is 234 g/mol. The van der Waals surface area contributed by atoms with Crippen molar-refractivity contribution in [1.29, 1.82) is 0 Å². The van der Waals surface area contributed by atoms with E-state index in [4.69, 9.17) is 0 Å². The summed E-state index contributed by atoms with van der Waals surface area (Å²) >= 11 is 0. The monoisotopic (exact) mass is 234 g/mol. The Labute approximate surface area is 98.4 Å². The predicted molar refractivity (Wildman–Crippen MR) is 66.3 cm³/mol. The SMILES string of the molecule is CCN(CC)c1n[nH]c2cccc([N+](=O)[O-])c12. The van der Waals surface area contributed by atoms with Gasteiger partial charge in [-0.15, -0.1) is 0 Å². The second-order valence-electron chi connectivity index (χ2n) is 3.68. The van der Waals surface area contributed by atoms with E-state index in [9.17, 15) is 10.1 Å². The topological polar surface area (TPSA) is 75.1 Å². The zero-order valence-corrected chi connectivity index (χ0v) is 9.80. The average Bonchev–Trinajstić information content (AvgIpc) is 2.75. The molecule has 0 fully saturated rings. The highest BCUT2D eigenvalue weighted by molar-refractivity contribution is 5.97.